The topological polar surface area (TPSA) is 64.6 Å². The SMILES string of the molecule is CC(Oc1ccc(C=O)cc1)C(=O)Nc1ccc(Oc2ccccc2)cc1. The van der Waals surface area contributed by atoms with Crippen LogP contribution in [0.25, 0.3) is 0 Å². The smallest absolute Gasteiger partial charge is 0.265 e. The van der Waals surface area contributed by atoms with Gasteiger partial charge in [0.1, 0.15) is 23.5 Å². The molecule has 0 aliphatic heterocycles. The van der Waals surface area contributed by atoms with Gasteiger partial charge in [-0.15, -0.1) is 0 Å². The second kappa shape index (κ2) is 8.67. The van der Waals surface area contributed by atoms with E-state index in [2.05, 4.69) is 5.32 Å². The number of hydrogen-bond donors (Lipinski definition) is 1. The Kier molecular flexibility index (Phi) is 5.84. The Morgan fingerprint density at radius 2 is 1.44 bits per heavy atom. The average Bonchev–Trinajstić information content (AvgIpc) is 2.71. The molecule has 0 heterocycles. The second-order valence-corrected chi connectivity index (χ2v) is 5.88. The molecule has 1 unspecified atom stereocenters. The molecule has 0 saturated carbocycles. The van der Waals surface area contributed by atoms with E-state index in [4.69, 9.17) is 9.47 Å². The van der Waals surface area contributed by atoms with Gasteiger partial charge in [0.2, 0.25) is 0 Å². The number of carbonyl (C=O) groups excluding carboxylic acids is 2. The first-order valence-corrected chi connectivity index (χ1v) is 8.50. The molecule has 0 aromatic heterocycles. The Labute approximate surface area is 157 Å². The summed E-state index contributed by atoms with van der Waals surface area (Å²) in [6, 6.07) is 23.2. The number of carbonyl (C=O) groups is 2. The Morgan fingerprint density at radius 3 is 2.07 bits per heavy atom. The third-order valence-corrected chi connectivity index (χ3v) is 3.80. The molecular formula is C22H19NO4. The monoisotopic (exact) mass is 361 g/mol. The number of anilines is 1. The quantitative estimate of drug-likeness (QED) is 0.620. The number of nitrogens with one attached hydrogen (secondary N) is 1. The molecule has 1 atom stereocenters. The van der Waals surface area contributed by atoms with E-state index in [-0.39, 0.29) is 5.91 Å². The zero-order valence-electron chi connectivity index (χ0n) is 14.8. The summed E-state index contributed by atoms with van der Waals surface area (Å²) in [5.74, 6) is 1.68. The second-order valence-electron chi connectivity index (χ2n) is 5.88. The number of rotatable bonds is 7. The van der Waals surface area contributed by atoms with Crippen molar-refractivity contribution in [3.05, 3.63) is 84.4 Å². The number of aldehydes is 1. The third-order valence-electron chi connectivity index (χ3n) is 3.80. The lowest BCUT2D eigenvalue weighted by Gasteiger charge is -2.15. The van der Waals surface area contributed by atoms with E-state index in [1.165, 1.54) is 0 Å². The molecule has 1 N–H and O–H groups in total. The highest BCUT2D eigenvalue weighted by molar-refractivity contribution is 5.94. The van der Waals surface area contributed by atoms with Crippen molar-refractivity contribution in [2.75, 3.05) is 5.32 Å². The van der Waals surface area contributed by atoms with E-state index < -0.39 is 6.10 Å². The van der Waals surface area contributed by atoms with Crippen LogP contribution in [0.1, 0.15) is 17.3 Å². The van der Waals surface area contributed by atoms with Crippen molar-refractivity contribution in [1.29, 1.82) is 0 Å². The zero-order chi connectivity index (χ0) is 19.1. The maximum atomic E-state index is 12.3. The van der Waals surface area contributed by atoms with Gasteiger partial charge >= 0.3 is 0 Å². The molecule has 136 valence electrons. The van der Waals surface area contributed by atoms with E-state index in [0.29, 0.717) is 22.7 Å². The number of amides is 1. The lowest BCUT2D eigenvalue weighted by atomic mass is 10.2. The lowest BCUT2D eigenvalue weighted by Crippen LogP contribution is -2.30. The summed E-state index contributed by atoms with van der Waals surface area (Å²) in [5.41, 5.74) is 1.20. The van der Waals surface area contributed by atoms with Gasteiger partial charge in [-0.2, -0.15) is 0 Å². The predicted octanol–water partition coefficient (Wildman–Crippen LogP) is 4.70. The molecule has 5 heteroatoms. The van der Waals surface area contributed by atoms with Crippen LogP contribution in [0, 0.1) is 0 Å². The first-order chi connectivity index (χ1) is 13.1. The number of para-hydroxylation sites is 1. The Balaban J connectivity index is 1.55. The van der Waals surface area contributed by atoms with Crippen LogP contribution in [0.15, 0.2) is 78.9 Å². The summed E-state index contributed by atoms with van der Waals surface area (Å²) in [7, 11) is 0. The highest BCUT2D eigenvalue weighted by atomic mass is 16.5. The van der Waals surface area contributed by atoms with Gasteiger partial charge in [0.05, 0.1) is 0 Å². The summed E-state index contributed by atoms with van der Waals surface area (Å²) in [6.07, 6.45) is 0.0674. The molecule has 0 spiro atoms. The van der Waals surface area contributed by atoms with Gasteiger partial charge in [-0.05, 0) is 67.6 Å². The molecule has 3 aromatic carbocycles. The summed E-state index contributed by atoms with van der Waals surface area (Å²) in [5, 5.41) is 2.80. The Bertz CT molecular complexity index is 890. The predicted molar refractivity (Wildman–Crippen MR) is 104 cm³/mol. The van der Waals surface area contributed by atoms with Crippen molar-refractivity contribution >= 4 is 17.9 Å². The molecule has 0 radical (unpaired) electrons. The van der Waals surface area contributed by atoms with Crippen LogP contribution in [-0.2, 0) is 4.79 Å². The number of benzene rings is 3. The highest BCUT2D eigenvalue weighted by Crippen LogP contribution is 2.23. The first-order valence-electron chi connectivity index (χ1n) is 8.50. The largest absolute Gasteiger partial charge is 0.481 e. The Hall–Kier alpha value is -3.60. The van der Waals surface area contributed by atoms with Crippen LogP contribution >= 0.6 is 0 Å². The maximum absolute atomic E-state index is 12.3. The van der Waals surface area contributed by atoms with Gasteiger partial charge in [0.15, 0.2) is 6.10 Å². The lowest BCUT2D eigenvalue weighted by molar-refractivity contribution is -0.122. The van der Waals surface area contributed by atoms with E-state index in [1.807, 2.05) is 30.3 Å². The molecule has 5 nitrogen and oxygen atoms in total. The van der Waals surface area contributed by atoms with Gasteiger partial charge < -0.3 is 14.8 Å². The molecule has 0 aliphatic rings. The van der Waals surface area contributed by atoms with Gasteiger partial charge in [0.25, 0.3) is 5.91 Å². The summed E-state index contributed by atoms with van der Waals surface area (Å²) in [4.78, 5) is 23.0. The number of hydrogen-bond acceptors (Lipinski definition) is 4. The van der Waals surface area contributed by atoms with E-state index in [1.54, 1.807) is 55.5 Å². The van der Waals surface area contributed by atoms with Gasteiger partial charge in [-0.25, -0.2) is 0 Å². The average molecular weight is 361 g/mol. The van der Waals surface area contributed by atoms with Gasteiger partial charge in [-0.3, -0.25) is 9.59 Å². The third kappa shape index (κ3) is 5.19. The normalized spacial score (nSPS) is 11.3. The summed E-state index contributed by atoms with van der Waals surface area (Å²) >= 11 is 0. The van der Waals surface area contributed by atoms with Crippen LogP contribution in [0.4, 0.5) is 5.69 Å². The number of ether oxygens (including phenoxy) is 2. The standard InChI is InChI=1S/C22H19NO4/c1-16(26-20-11-7-17(15-24)8-12-20)22(25)23-18-9-13-21(14-10-18)27-19-5-3-2-4-6-19/h2-16H,1H3,(H,23,25). The zero-order valence-corrected chi connectivity index (χ0v) is 14.8. The minimum Gasteiger partial charge on any atom is -0.481 e. The summed E-state index contributed by atoms with van der Waals surface area (Å²) < 4.78 is 11.3. The van der Waals surface area contributed by atoms with Crippen molar-refractivity contribution in [2.24, 2.45) is 0 Å². The van der Waals surface area contributed by atoms with E-state index in [9.17, 15) is 9.59 Å². The molecule has 1 amide bonds. The van der Waals surface area contributed by atoms with Crippen molar-refractivity contribution in [3.63, 3.8) is 0 Å². The molecule has 0 fully saturated rings. The van der Waals surface area contributed by atoms with Crippen LogP contribution in [0.2, 0.25) is 0 Å². The van der Waals surface area contributed by atoms with Crippen molar-refractivity contribution in [2.45, 2.75) is 13.0 Å². The van der Waals surface area contributed by atoms with Crippen molar-refractivity contribution in [1.82, 2.24) is 0 Å². The molecule has 3 rings (SSSR count). The van der Waals surface area contributed by atoms with Crippen LogP contribution in [-0.4, -0.2) is 18.3 Å². The molecule has 0 saturated heterocycles. The molecule has 3 aromatic rings. The minimum atomic E-state index is -0.688. The fourth-order valence-corrected chi connectivity index (χ4v) is 2.36. The van der Waals surface area contributed by atoms with Gasteiger partial charge in [-0.1, -0.05) is 18.2 Å². The van der Waals surface area contributed by atoms with Crippen molar-refractivity contribution < 1.29 is 19.1 Å². The highest BCUT2D eigenvalue weighted by Gasteiger charge is 2.15. The molecule has 27 heavy (non-hydrogen) atoms. The van der Waals surface area contributed by atoms with E-state index >= 15 is 0 Å². The molecule has 0 aliphatic carbocycles. The minimum absolute atomic E-state index is 0.272. The first kappa shape index (κ1) is 18.2. The van der Waals surface area contributed by atoms with Gasteiger partial charge in [0, 0.05) is 11.3 Å². The summed E-state index contributed by atoms with van der Waals surface area (Å²) in [6.45, 7) is 1.66. The molecule has 0 bridgehead atoms. The van der Waals surface area contributed by atoms with Crippen LogP contribution in [0.3, 0.4) is 0 Å². The fraction of sp³-hybridized carbons (Fsp3) is 0.0909. The van der Waals surface area contributed by atoms with Crippen LogP contribution < -0.4 is 14.8 Å². The van der Waals surface area contributed by atoms with Crippen LogP contribution in [0.5, 0.6) is 17.2 Å². The maximum Gasteiger partial charge on any atom is 0.265 e. The Morgan fingerprint density at radius 1 is 0.852 bits per heavy atom. The van der Waals surface area contributed by atoms with Crippen molar-refractivity contribution in [3.8, 4) is 17.2 Å². The molecular weight excluding hydrogens is 342 g/mol. The van der Waals surface area contributed by atoms with E-state index in [0.717, 1.165) is 12.0 Å². The fourth-order valence-electron chi connectivity index (χ4n) is 2.36.